The maximum Gasteiger partial charge on any atom is 0.235 e. The van der Waals surface area contributed by atoms with E-state index in [0.717, 1.165) is 5.56 Å². The van der Waals surface area contributed by atoms with Crippen LogP contribution in [0.15, 0.2) is 6.20 Å². The molecule has 0 saturated heterocycles. The van der Waals surface area contributed by atoms with E-state index in [-0.39, 0.29) is 0 Å². The van der Waals surface area contributed by atoms with Crippen LogP contribution < -0.4 is 10.2 Å². The molecule has 0 unspecified atom stereocenters. The zero-order chi connectivity index (χ0) is 11.8. The monoisotopic (exact) mass is 214 g/mol. The average Bonchev–Trinajstić information content (AvgIpc) is 2.45. The average molecular weight is 214 g/mol. The summed E-state index contributed by atoms with van der Waals surface area (Å²) in [6.45, 7) is 1.96. The second-order valence-corrected chi connectivity index (χ2v) is 3.14. The van der Waals surface area contributed by atoms with Crippen LogP contribution in [-0.2, 0) is 11.8 Å². The van der Waals surface area contributed by atoms with Crippen molar-refractivity contribution < 1.29 is 9.53 Å². The van der Waals surface area contributed by atoms with E-state index in [1.54, 1.807) is 30.9 Å². The predicted octanol–water partition coefficient (Wildman–Crippen LogP) is -0.0539. The van der Waals surface area contributed by atoms with Gasteiger partial charge in [-0.05, 0) is 6.92 Å². The minimum atomic E-state index is 0.625. The minimum Gasteiger partial charge on any atom is -0.480 e. The summed E-state index contributed by atoms with van der Waals surface area (Å²) in [5, 5.41) is 5.59. The van der Waals surface area contributed by atoms with Gasteiger partial charge in [0.25, 0.3) is 0 Å². The Labute approximate surface area is 89.8 Å². The third kappa shape index (κ3) is 5.69. The summed E-state index contributed by atoms with van der Waals surface area (Å²) >= 11 is 0. The van der Waals surface area contributed by atoms with E-state index in [4.69, 9.17) is 4.74 Å². The maximum absolute atomic E-state index is 9.46. The number of aryl methyl sites for hydroxylation is 2. The molecule has 0 aromatic carbocycles. The Morgan fingerprint density at radius 3 is 2.33 bits per heavy atom. The molecule has 1 heterocycles. The highest BCUT2D eigenvalue weighted by Gasteiger charge is 1.99. The molecule has 1 N–H and O–H groups in total. The van der Waals surface area contributed by atoms with Crippen molar-refractivity contribution in [2.45, 2.75) is 6.92 Å². The molecule has 0 spiro atoms. The van der Waals surface area contributed by atoms with E-state index in [0.29, 0.717) is 12.3 Å². The fourth-order valence-corrected chi connectivity index (χ4v) is 0.894. The number of methoxy groups -OCH3 is 1. The molecule has 6 nitrogen and oxygen atoms in total. The lowest BCUT2D eigenvalue weighted by Gasteiger charge is -2.03. The Bertz CT molecular complexity index is 296. The quantitative estimate of drug-likeness (QED) is 0.566. The lowest BCUT2D eigenvalue weighted by molar-refractivity contribution is -0.112. The largest absolute Gasteiger partial charge is 0.480 e. The molecule has 0 aliphatic heterocycles. The fourth-order valence-electron chi connectivity index (χ4n) is 0.894. The Morgan fingerprint density at radius 1 is 1.60 bits per heavy atom. The third-order valence-electron chi connectivity index (χ3n) is 1.47. The van der Waals surface area contributed by atoms with E-state index < -0.39 is 0 Å². The fraction of sp³-hybridized carbons (Fsp3) is 0.556. The van der Waals surface area contributed by atoms with Gasteiger partial charge in [0.2, 0.25) is 12.3 Å². The molecule has 6 heteroatoms. The molecule has 0 aliphatic carbocycles. The van der Waals surface area contributed by atoms with Crippen molar-refractivity contribution in [3.8, 4) is 5.88 Å². The second kappa shape index (κ2) is 6.83. The van der Waals surface area contributed by atoms with Crippen LogP contribution in [0.5, 0.6) is 5.88 Å². The number of hydrazine groups is 1. The van der Waals surface area contributed by atoms with E-state index >= 15 is 0 Å². The van der Waals surface area contributed by atoms with Gasteiger partial charge in [-0.1, -0.05) is 0 Å². The van der Waals surface area contributed by atoms with Crippen LogP contribution in [0.25, 0.3) is 0 Å². The Morgan fingerprint density at radius 2 is 2.20 bits per heavy atom. The number of carbonyl (C=O) groups excluding carboxylic acids is 1. The first kappa shape index (κ1) is 13.4. The van der Waals surface area contributed by atoms with E-state index in [1.807, 2.05) is 20.2 Å². The summed E-state index contributed by atoms with van der Waals surface area (Å²) < 4.78 is 6.66. The van der Waals surface area contributed by atoms with Gasteiger partial charge in [-0.2, -0.15) is 0 Å². The minimum absolute atomic E-state index is 0.625. The Hall–Kier alpha value is -1.56. The van der Waals surface area contributed by atoms with Crippen molar-refractivity contribution in [2.75, 3.05) is 21.2 Å². The summed E-state index contributed by atoms with van der Waals surface area (Å²) in [6.07, 6.45) is 2.54. The SMILES string of the molecule is CN(C)NC=O.COc1nn(C)cc1C. The summed E-state index contributed by atoms with van der Waals surface area (Å²) in [5.41, 5.74) is 3.43. The molecular formula is C9H18N4O2. The highest BCUT2D eigenvalue weighted by atomic mass is 16.5. The zero-order valence-corrected chi connectivity index (χ0v) is 9.81. The molecule has 0 atom stereocenters. The molecule has 1 rings (SSSR count). The summed E-state index contributed by atoms with van der Waals surface area (Å²) in [5.74, 6) is 0.706. The van der Waals surface area contributed by atoms with Gasteiger partial charge in [0, 0.05) is 32.9 Å². The highest BCUT2D eigenvalue weighted by molar-refractivity contribution is 5.44. The summed E-state index contributed by atoms with van der Waals surface area (Å²) in [6, 6.07) is 0. The summed E-state index contributed by atoms with van der Waals surface area (Å²) in [7, 11) is 6.98. The molecule has 1 aromatic rings. The molecule has 1 aromatic heterocycles. The molecule has 86 valence electrons. The van der Waals surface area contributed by atoms with Crippen molar-refractivity contribution in [3.63, 3.8) is 0 Å². The number of nitrogens with zero attached hydrogens (tertiary/aromatic N) is 3. The number of rotatable bonds is 3. The molecule has 0 fully saturated rings. The van der Waals surface area contributed by atoms with Crippen LogP contribution in [0.4, 0.5) is 0 Å². The number of hydrogen-bond donors (Lipinski definition) is 1. The van der Waals surface area contributed by atoms with Gasteiger partial charge in [-0.3, -0.25) is 14.9 Å². The first-order valence-electron chi connectivity index (χ1n) is 4.42. The van der Waals surface area contributed by atoms with E-state index in [2.05, 4.69) is 10.5 Å². The van der Waals surface area contributed by atoms with Gasteiger partial charge in [0.15, 0.2) is 0 Å². The van der Waals surface area contributed by atoms with Gasteiger partial charge in [-0.25, -0.2) is 5.01 Å². The van der Waals surface area contributed by atoms with Crippen molar-refractivity contribution in [1.82, 2.24) is 20.2 Å². The number of carbonyl (C=O) groups is 1. The zero-order valence-electron chi connectivity index (χ0n) is 9.81. The highest BCUT2D eigenvalue weighted by Crippen LogP contribution is 2.11. The number of ether oxygens (including phenoxy) is 1. The van der Waals surface area contributed by atoms with E-state index in [1.165, 1.54) is 0 Å². The Kier molecular flexibility index (Phi) is 6.12. The first-order valence-corrected chi connectivity index (χ1v) is 4.42. The topological polar surface area (TPSA) is 59.4 Å². The molecular weight excluding hydrogens is 196 g/mol. The standard InChI is InChI=1S/C6H10N2O.C3H8N2O/c1-5-4-8(2)7-6(5)9-3;1-5(2)4-3-6/h4H,1-3H3;3H,1-2H3,(H,4,6). The lowest BCUT2D eigenvalue weighted by atomic mass is 10.4. The van der Waals surface area contributed by atoms with Crippen LogP contribution in [0, 0.1) is 6.92 Å². The number of nitrogens with one attached hydrogen (secondary N) is 1. The van der Waals surface area contributed by atoms with Gasteiger partial charge >= 0.3 is 0 Å². The van der Waals surface area contributed by atoms with Crippen LogP contribution >= 0.6 is 0 Å². The van der Waals surface area contributed by atoms with Crippen molar-refractivity contribution in [2.24, 2.45) is 7.05 Å². The molecule has 1 amide bonds. The number of amides is 1. The molecule has 0 aliphatic rings. The van der Waals surface area contributed by atoms with Crippen LogP contribution in [0.2, 0.25) is 0 Å². The Balaban J connectivity index is 0.000000288. The van der Waals surface area contributed by atoms with Crippen molar-refractivity contribution in [1.29, 1.82) is 0 Å². The van der Waals surface area contributed by atoms with Gasteiger partial charge in [0.1, 0.15) is 0 Å². The van der Waals surface area contributed by atoms with E-state index in [9.17, 15) is 4.79 Å². The van der Waals surface area contributed by atoms with Crippen molar-refractivity contribution in [3.05, 3.63) is 11.8 Å². The van der Waals surface area contributed by atoms with Gasteiger partial charge in [-0.15, -0.1) is 5.10 Å². The maximum atomic E-state index is 9.46. The van der Waals surface area contributed by atoms with Crippen LogP contribution in [0.1, 0.15) is 5.56 Å². The molecule has 0 radical (unpaired) electrons. The van der Waals surface area contributed by atoms with Crippen LogP contribution in [0.3, 0.4) is 0 Å². The normalized spacial score (nSPS) is 9.20. The third-order valence-corrected chi connectivity index (χ3v) is 1.47. The van der Waals surface area contributed by atoms with Gasteiger partial charge in [0.05, 0.1) is 7.11 Å². The lowest BCUT2D eigenvalue weighted by Crippen LogP contribution is -2.28. The number of aromatic nitrogens is 2. The summed E-state index contributed by atoms with van der Waals surface area (Å²) in [4.78, 5) is 9.46. The molecule has 0 bridgehead atoms. The smallest absolute Gasteiger partial charge is 0.235 e. The van der Waals surface area contributed by atoms with Crippen molar-refractivity contribution >= 4 is 6.41 Å². The van der Waals surface area contributed by atoms with Gasteiger partial charge < -0.3 is 4.74 Å². The van der Waals surface area contributed by atoms with Crippen LogP contribution in [-0.4, -0.2) is 42.4 Å². The second-order valence-electron chi connectivity index (χ2n) is 3.14. The number of hydrogen-bond acceptors (Lipinski definition) is 4. The predicted molar refractivity (Wildman–Crippen MR) is 57.4 cm³/mol. The molecule has 15 heavy (non-hydrogen) atoms. The molecule has 0 saturated carbocycles. The first-order chi connectivity index (χ1) is 7.01.